The van der Waals surface area contributed by atoms with Crippen molar-refractivity contribution in [3.8, 4) is 0 Å². The molecular weight excluding hydrogens is 231 g/mol. The van der Waals surface area contributed by atoms with Gasteiger partial charge in [-0.25, -0.2) is 4.39 Å². The second-order valence-corrected chi connectivity index (χ2v) is 4.45. The second-order valence-electron chi connectivity index (χ2n) is 4.45. The zero-order valence-corrected chi connectivity index (χ0v) is 10.6. The van der Waals surface area contributed by atoms with E-state index in [-0.39, 0.29) is 18.1 Å². The first-order valence-electron chi connectivity index (χ1n) is 6.15. The molecule has 2 aromatic rings. The van der Waals surface area contributed by atoms with Crippen molar-refractivity contribution in [2.45, 2.75) is 26.7 Å². The van der Waals surface area contributed by atoms with Crippen LogP contribution in [0.4, 0.5) is 4.39 Å². The first-order valence-corrected chi connectivity index (χ1v) is 6.15. The molecule has 96 valence electrons. The van der Waals surface area contributed by atoms with Gasteiger partial charge in [0.05, 0.1) is 6.42 Å². The molecule has 18 heavy (non-hydrogen) atoms. The second kappa shape index (κ2) is 5.21. The van der Waals surface area contributed by atoms with Crippen LogP contribution in [0.1, 0.15) is 24.6 Å². The average Bonchev–Trinajstić information content (AvgIpc) is 2.63. The van der Waals surface area contributed by atoms with E-state index in [0.29, 0.717) is 6.54 Å². The molecular formula is C14H17FN2O. The maximum atomic E-state index is 13.3. The average molecular weight is 248 g/mol. The lowest BCUT2D eigenvalue weighted by Crippen LogP contribution is -2.25. The molecule has 0 saturated carbocycles. The highest BCUT2D eigenvalue weighted by atomic mass is 19.1. The van der Waals surface area contributed by atoms with E-state index in [2.05, 4.69) is 10.3 Å². The summed E-state index contributed by atoms with van der Waals surface area (Å²) in [7, 11) is 0. The van der Waals surface area contributed by atoms with Gasteiger partial charge in [-0.15, -0.1) is 0 Å². The van der Waals surface area contributed by atoms with Crippen molar-refractivity contribution in [2.75, 3.05) is 6.54 Å². The van der Waals surface area contributed by atoms with Gasteiger partial charge in [0.25, 0.3) is 0 Å². The van der Waals surface area contributed by atoms with Crippen molar-refractivity contribution >= 4 is 16.8 Å². The molecule has 1 heterocycles. The first-order chi connectivity index (χ1) is 8.61. The maximum Gasteiger partial charge on any atom is 0.224 e. The van der Waals surface area contributed by atoms with Crippen molar-refractivity contribution in [3.63, 3.8) is 0 Å². The molecule has 0 aliphatic rings. The summed E-state index contributed by atoms with van der Waals surface area (Å²) in [4.78, 5) is 14.9. The molecule has 0 bridgehead atoms. The fourth-order valence-electron chi connectivity index (χ4n) is 2.07. The van der Waals surface area contributed by atoms with Gasteiger partial charge in [0.2, 0.25) is 5.91 Å². The zero-order valence-electron chi connectivity index (χ0n) is 10.6. The Morgan fingerprint density at radius 2 is 2.22 bits per heavy atom. The van der Waals surface area contributed by atoms with E-state index in [9.17, 15) is 9.18 Å². The van der Waals surface area contributed by atoms with Crippen molar-refractivity contribution in [2.24, 2.45) is 0 Å². The highest BCUT2D eigenvalue weighted by Gasteiger charge is 2.12. The molecule has 0 radical (unpaired) electrons. The van der Waals surface area contributed by atoms with Gasteiger partial charge in [-0.2, -0.15) is 0 Å². The number of aromatic amines is 1. The summed E-state index contributed by atoms with van der Waals surface area (Å²) in [5.41, 5.74) is 2.66. The molecule has 0 aliphatic carbocycles. The van der Waals surface area contributed by atoms with Gasteiger partial charge in [0.15, 0.2) is 0 Å². The summed E-state index contributed by atoms with van der Waals surface area (Å²) >= 11 is 0. The van der Waals surface area contributed by atoms with E-state index < -0.39 is 0 Å². The number of amides is 1. The Bertz CT molecular complexity index is 574. The van der Waals surface area contributed by atoms with Crippen molar-refractivity contribution in [3.05, 3.63) is 35.3 Å². The standard InChI is InChI=1S/C14H17FN2O/c1-3-6-16-14(18)8-11-9(2)17-13-5-4-10(15)7-12(11)13/h4-5,7,17H,3,6,8H2,1-2H3,(H,16,18). The molecule has 2 rings (SSSR count). The summed E-state index contributed by atoms with van der Waals surface area (Å²) in [5, 5.41) is 3.62. The van der Waals surface area contributed by atoms with Crippen LogP contribution in [0.5, 0.6) is 0 Å². The first kappa shape index (κ1) is 12.6. The normalized spacial score (nSPS) is 10.8. The third-order valence-electron chi connectivity index (χ3n) is 2.99. The van der Waals surface area contributed by atoms with Gasteiger partial charge in [-0.1, -0.05) is 6.92 Å². The number of benzene rings is 1. The molecule has 0 spiro atoms. The lowest BCUT2D eigenvalue weighted by molar-refractivity contribution is -0.120. The van der Waals surface area contributed by atoms with Gasteiger partial charge < -0.3 is 10.3 Å². The van der Waals surface area contributed by atoms with Crippen LogP contribution in [0.25, 0.3) is 10.9 Å². The van der Waals surface area contributed by atoms with E-state index in [1.807, 2.05) is 13.8 Å². The van der Waals surface area contributed by atoms with Crippen LogP contribution >= 0.6 is 0 Å². The van der Waals surface area contributed by atoms with E-state index in [1.165, 1.54) is 12.1 Å². The van der Waals surface area contributed by atoms with Crippen LogP contribution in [-0.4, -0.2) is 17.4 Å². The van der Waals surface area contributed by atoms with E-state index in [4.69, 9.17) is 0 Å². The minimum atomic E-state index is -0.281. The van der Waals surface area contributed by atoms with E-state index in [1.54, 1.807) is 6.07 Å². The Balaban J connectivity index is 2.29. The van der Waals surface area contributed by atoms with Gasteiger partial charge >= 0.3 is 0 Å². The topological polar surface area (TPSA) is 44.9 Å². The fourth-order valence-corrected chi connectivity index (χ4v) is 2.07. The Kier molecular flexibility index (Phi) is 3.65. The highest BCUT2D eigenvalue weighted by Crippen LogP contribution is 2.23. The summed E-state index contributed by atoms with van der Waals surface area (Å²) < 4.78 is 13.3. The number of hydrogen-bond donors (Lipinski definition) is 2. The quantitative estimate of drug-likeness (QED) is 0.858. The number of hydrogen-bond acceptors (Lipinski definition) is 1. The number of nitrogens with one attached hydrogen (secondary N) is 2. The Hall–Kier alpha value is -1.84. The molecule has 0 atom stereocenters. The van der Waals surface area contributed by atoms with Crippen LogP contribution < -0.4 is 5.32 Å². The van der Waals surface area contributed by atoms with Crippen LogP contribution in [-0.2, 0) is 11.2 Å². The zero-order chi connectivity index (χ0) is 13.1. The predicted octanol–water partition coefficient (Wildman–Crippen LogP) is 2.68. The van der Waals surface area contributed by atoms with Crippen LogP contribution in [0, 0.1) is 12.7 Å². The number of halogens is 1. The molecule has 0 saturated heterocycles. The number of carbonyl (C=O) groups is 1. The van der Waals surface area contributed by atoms with Crippen molar-refractivity contribution in [1.29, 1.82) is 0 Å². The monoisotopic (exact) mass is 248 g/mol. The van der Waals surface area contributed by atoms with Crippen LogP contribution in [0.15, 0.2) is 18.2 Å². The molecule has 3 nitrogen and oxygen atoms in total. The number of H-pyrrole nitrogens is 1. The predicted molar refractivity (Wildman–Crippen MR) is 70.0 cm³/mol. The highest BCUT2D eigenvalue weighted by molar-refractivity contribution is 5.90. The third kappa shape index (κ3) is 2.53. The van der Waals surface area contributed by atoms with E-state index >= 15 is 0 Å². The molecule has 0 unspecified atom stereocenters. The number of aromatic nitrogens is 1. The number of carbonyl (C=O) groups excluding carboxylic acids is 1. The van der Waals surface area contributed by atoms with Gasteiger partial charge in [0.1, 0.15) is 5.82 Å². The molecule has 1 aromatic heterocycles. The fraction of sp³-hybridized carbons (Fsp3) is 0.357. The van der Waals surface area contributed by atoms with Crippen LogP contribution in [0.2, 0.25) is 0 Å². The Morgan fingerprint density at radius 3 is 2.94 bits per heavy atom. The lowest BCUT2D eigenvalue weighted by atomic mass is 10.1. The van der Waals surface area contributed by atoms with Gasteiger partial charge in [-0.3, -0.25) is 4.79 Å². The third-order valence-corrected chi connectivity index (χ3v) is 2.99. The SMILES string of the molecule is CCCNC(=O)Cc1c(C)[nH]c2ccc(F)cc12. The maximum absolute atomic E-state index is 13.3. The Morgan fingerprint density at radius 1 is 1.44 bits per heavy atom. The number of aryl methyl sites for hydroxylation is 1. The summed E-state index contributed by atoms with van der Waals surface area (Å²) in [6, 6.07) is 4.59. The summed E-state index contributed by atoms with van der Waals surface area (Å²) in [6.45, 7) is 4.58. The minimum absolute atomic E-state index is 0.0230. The smallest absolute Gasteiger partial charge is 0.224 e. The minimum Gasteiger partial charge on any atom is -0.358 e. The van der Waals surface area contributed by atoms with Crippen molar-refractivity contribution in [1.82, 2.24) is 10.3 Å². The molecule has 0 fully saturated rings. The molecule has 1 aromatic carbocycles. The van der Waals surface area contributed by atoms with Gasteiger partial charge in [-0.05, 0) is 37.1 Å². The van der Waals surface area contributed by atoms with Gasteiger partial charge in [0, 0.05) is 23.1 Å². The van der Waals surface area contributed by atoms with Crippen molar-refractivity contribution < 1.29 is 9.18 Å². The van der Waals surface area contributed by atoms with Crippen LogP contribution in [0.3, 0.4) is 0 Å². The summed E-state index contributed by atoms with van der Waals surface area (Å²) in [6.07, 6.45) is 1.20. The largest absolute Gasteiger partial charge is 0.358 e. The lowest BCUT2D eigenvalue weighted by Gasteiger charge is -2.03. The number of fused-ring (bicyclic) bond motifs is 1. The Labute approximate surface area is 105 Å². The summed E-state index contributed by atoms with van der Waals surface area (Å²) in [5.74, 6) is -0.304. The van der Waals surface area contributed by atoms with E-state index in [0.717, 1.165) is 28.6 Å². The molecule has 4 heteroatoms. The molecule has 0 aliphatic heterocycles. The molecule has 2 N–H and O–H groups in total. The number of rotatable bonds is 4. The molecule has 1 amide bonds.